The van der Waals surface area contributed by atoms with Crippen molar-refractivity contribution in [2.45, 2.75) is 32.9 Å². The van der Waals surface area contributed by atoms with Gasteiger partial charge in [0.15, 0.2) is 0 Å². The van der Waals surface area contributed by atoms with E-state index in [0.717, 1.165) is 11.0 Å². The highest BCUT2D eigenvalue weighted by molar-refractivity contribution is 5.79. The van der Waals surface area contributed by atoms with E-state index in [1.807, 2.05) is 61.7 Å². The number of nitrogens with zero attached hydrogens (tertiary/aromatic N) is 2. The fourth-order valence-corrected chi connectivity index (χ4v) is 2.71. The number of carbonyl (C=O) groups excluding carboxylic acids is 1. The second-order valence-corrected chi connectivity index (χ2v) is 6.64. The molecule has 1 amide bonds. The lowest BCUT2D eigenvalue weighted by molar-refractivity contribution is 0.0526. The number of rotatable bonds is 3. The van der Waals surface area contributed by atoms with Crippen molar-refractivity contribution < 1.29 is 9.53 Å². The Morgan fingerprint density at radius 3 is 2.46 bits per heavy atom. The van der Waals surface area contributed by atoms with E-state index >= 15 is 0 Å². The summed E-state index contributed by atoms with van der Waals surface area (Å²) in [6, 6.07) is 11.4. The summed E-state index contributed by atoms with van der Waals surface area (Å²) < 4.78 is 8.78. The lowest BCUT2D eigenvalue weighted by atomic mass is 10.2. The monoisotopic (exact) mass is 327 g/mol. The van der Waals surface area contributed by atoms with E-state index < -0.39 is 11.7 Å². The molecule has 3 aromatic rings. The van der Waals surface area contributed by atoms with Gasteiger partial charge in [-0.05, 0) is 45.0 Å². The van der Waals surface area contributed by atoms with E-state index in [0.29, 0.717) is 18.6 Å². The maximum atomic E-state index is 12.7. The van der Waals surface area contributed by atoms with E-state index in [2.05, 4.69) is 5.32 Å². The van der Waals surface area contributed by atoms with Gasteiger partial charge in [0.1, 0.15) is 11.1 Å². The van der Waals surface area contributed by atoms with Gasteiger partial charge in [0.25, 0.3) is 5.56 Å². The van der Waals surface area contributed by atoms with E-state index in [-0.39, 0.29) is 5.56 Å². The molecule has 0 bridgehead atoms. The van der Waals surface area contributed by atoms with Crippen molar-refractivity contribution in [3.8, 4) is 0 Å². The van der Waals surface area contributed by atoms with Crippen LogP contribution in [-0.4, -0.2) is 27.2 Å². The van der Waals surface area contributed by atoms with Gasteiger partial charge in [-0.25, -0.2) is 4.79 Å². The largest absolute Gasteiger partial charge is 0.444 e. The van der Waals surface area contributed by atoms with Gasteiger partial charge in [-0.15, -0.1) is 0 Å². The summed E-state index contributed by atoms with van der Waals surface area (Å²) in [5, 5.41) is 2.69. The average molecular weight is 327 g/mol. The lowest BCUT2D eigenvalue weighted by Gasteiger charge is -2.20. The van der Waals surface area contributed by atoms with Gasteiger partial charge in [-0.1, -0.05) is 12.1 Å². The van der Waals surface area contributed by atoms with Gasteiger partial charge in [-0.2, -0.15) is 0 Å². The molecule has 0 saturated carbocycles. The zero-order chi connectivity index (χ0) is 17.3. The Kier molecular flexibility index (Phi) is 4.05. The average Bonchev–Trinajstić information content (AvgIpc) is 2.99. The molecule has 0 aliphatic rings. The number of para-hydroxylation sites is 2. The van der Waals surface area contributed by atoms with E-state index in [9.17, 15) is 9.59 Å². The summed E-state index contributed by atoms with van der Waals surface area (Å²) >= 11 is 0. The summed E-state index contributed by atoms with van der Waals surface area (Å²) in [6.45, 7) is 6.12. The Hall–Kier alpha value is -2.76. The molecule has 0 fully saturated rings. The van der Waals surface area contributed by atoms with Gasteiger partial charge in [0.05, 0.1) is 11.0 Å². The van der Waals surface area contributed by atoms with Crippen LogP contribution in [0.5, 0.6) is 0 Å². The third-order valence-corrected chi connectivity index (χ3v) is 3.65. The molecule has 126 valence electrons. The van der Waals surface area contributed by atoms with Crippen LogP contribution < -0.4 is 10.9 Å². The smallest absolute Gasteiger partial charge is 0.407 e. The first-order valence-corrected chi connectivity index (χ1v) is 7.92. The number of aromatic nitrogens is 2. The molecule has 0 aliphatic heterocycles. The van der Waals surface area contributed by atoms with Crippen LogP contribution in [0.25, 0.3) is 16.6 Å². The molecule has 1 aromatic carbocycles. The van der Waals surface area contributed by atoms with Crippen molar-refractivity contribution in [1.29, 1.82) is 0 Å². The highest BCUT2D eigenvalue weighted by atomic mass is 16.6. The molecular formula is C18H21N3O3. The SMILES string of the molecule is CC(C)(C)OC(=O)NCCn1c(=O)c2cccn2c2ccccc21. The molecule has 0 aliphatic carbocycles. The number of ether oxygens (including phenoxy) is 1. The number of hydrogen-bond acceptors (Lipinski definition) is 3. The van der Waals surface area contributed by atoms with Crippen LogP contribution in [0.3, 0.4) is 0 Å². The molecule has 6 heteroatoms. The molecule has 2 aromatic heterocycles. The van der Waals surface area contributed by atoms with Crippen molar-refractivity contribution in [3.05, 3.63) is 52.9 Å². The number of fused-ring (bicyclic) bond motifs is 3. The zero-order valence-electron chi connectivity index (χ0n) is 14.1. The molecular weight excluding hydrogens is 306 g/mol. The van der Waals surface area contributed by atoms with Crippen LogP contribution in [0, 0.1) is 0 Å². The fourth-order valence-electron chi connectivity index (χ4n) is 2.71. The van der Waals surface area contributed by atoms with Crippen LogP contribution in [0.15, 0.2) is 47.4 Å². The minimum atomic E-state index is -0.543. The third-order valence-electron chi connectivity index (χ3n) is 3.65. The van der Waals surface area contributed by atoms with Gasteiger partial charge in [0.2, 0.25) is 0 Å². The molecule has 24 heavy (non-hydrogen) atoms. The Bertz CT molecular complexity index is 947. The standard InChI is InChI=1S/C18H21N3O3/c1-18(2,3)24-17(23)19-10-12-21-14-8-5-4-7-13(14)20-11-6-9-15(20)16(21)22/h4-9,11H,10,12H2,1-3H3,(H,19,23). The van der Waals surface area contributed by atoms with Crippen LogP contribution in [0.2, 0.25) is 0 Å². The first-order chi connectivity index (χ1) is 11.4. The number of carbonyl (C=O) groups is 1. The van der Waals surface area contributed by atoms with E-state index in [1.54, 1.807) is 10.6 Å². The predicted molar refractivity (Wildman–Crippen MR) is 93.4 cm³/mol. The molecule has 6 nitrogen and oxygen atoms in total. The molecule has 2 heterocycles. The van der Waals surface area contributed by atoms with Gasteiger partial charge >= 0.3 is 6.09 Å². The zero-order valence-corrected chi connectivity index (χ0v) is 14.1. The Morgan fingerprint density at radius 1 is 1.08 bits per heavy atom. The topological polar surface area (TPSA) is 64.7 Å². The number of amides is 1. The highest BCUT2D eigenvalue weighted by Gasteiger charge is 2.16. The molecule has 0 saturated heterocycles. The molecule has 0 unspecified atom stereocenters. The number of nitrogens with one attached hydrogen (secondary N) is 1. The summed E-state index contributed by atoms with van der Waals surface area (Å²) in [4.78, 5) is 24.4. The Balaban J connectivity index is 1.87. The second kappa shape index (κ2) is 6.03. The lowest BCUT2D eigenvalue weighted by Crippen LogP contribution is -2.35. The Labute approximate surface area is 139 Å². The van der Waals surface area contributed by atoms with Crippen LogP contribution >= 0.6 is 0 Å². The summed E-state index contributed by atoms with van der Waals surface area (Å²) in [6.07, 6.45) is 1.39. The van der Waals surface area contributed by atoms with Gasteiger partial charge in [-0.3, -0.25) is 4.79 Å². The summed E-state index contributed by atoms with van der Waals surface area (Å²) in [5.41, 5.74) is 1.78. The van der Waals surface area contributed by atoms with Crippen molar-refractivity contribution in [3.63, 3.8) is 0 Å². The molecule has 0 radical (unpaired) electrons. The minimum absolute atomic E-state index is 0.0790. The van der Waals surface area contributed by atoms with E-state index in [1.165, 1.54) is 0 Å². The molecule has 3 rings (SSSR count). The summed E-state index contributed by atoms with van der Waals surface area (Å²) in [5.74, 6) is 0. The molecule has 0 spiro atoms. The fraction of sp³-hybridized carbons (Fsp3) is 0.333. The number of hydrogen-bond donors (Lipinski definition) is 1. The maximum Gasteiger partial charge on any atom is 0.407 e. The number of benzene rings is 1. The van der Waals surface area contributed by atoms with Gasteiger partial charge in [0, 0.05) is 19.3 Å². The second-order valence-electron chi connectivity index (χ2n) is 6.64. The minimum Gasteiger partial charge on any atom is -0.444 e. The molecule has 1 N–H and O–H groups in total. The van der Waals surface area contributed by atoms with Crippen LogP contribution in [-0.2, 0) is 11.3 Å². The first-order valence-electron chi connectivity index (χ1n) is 7.92. The normalized spacial score (nSPS) is 11.8. The number of alkyl carbamates (subject to hydrolysis) is 1. The van der Waals surface area contributed by atoms with Crippen molar-refractivity contribution in [2.75, 3.05) is 6.54 Å². The van der Waals surface area contributed by atoms with Gasteiger partial charge < -0.3 is 19.0 Å². The quantitative estimate of drug-likeness (QED) is 0.804. The maximum absolute atomic E-state index is 12.7. The van der Waals surface area contributed by atoms with Crippen molar-refractivity contribution >= 4 is 22.6 Å². The molecule has 0 atom stereocenters. The van der Waals surface area contributed by atoms with Crippen LogP contribution in [0.1, 0.15) is 20.8 Å². The first kappa shape index (κ1) is 16.1. The van der Waals surface area contributed by atoms with E-state index in [4.69, 9.17) is 4.74 Å². The Morgan fingerprint density at radius 2 is 1.75 bits per heavy atom. The van der Waals surface area contributed by atoms with Crippen molar-refractivity contribution in [1.82, 2.24) is 14.3 Å². The van der Waals surface area contributed by atoms with Crippen molar-refractivity contribution in [2.24, 2.45) is 0 Å². The van der Waals surface area contributed by atoms with Crippen LogP contribution in [0.4, 0.5) is 4.79 Å². The summed E-state index contributed by atoms with van der Waals surface area (Å²) in [7, 11) is 0. The third kappa shape index (κ3) is 3.13. The highest BCUT2D eigenvalue weighted by Crippen LogP contribution is 2.14. The predicted octanol–water partition coefficient (Wildman–Crippen LogP) is 2.78.